The van der Waals surface area contributed by atoms with Crippen molar-refractivity contribution in [1.29, 1.82) is 0 Å². The topological polar surface area (TPSA) is 57.5 Å². The van der Waals surface area contributed by atoms with E-state index in [0.29, 0.717) is 0 Å². The Morgan fingerprint density at radius 3 is 2.11 bits per heavy atom. The Balaban J connectivity index is 4.37. The van der Waals surface area contributed by atoms with Crippen molar-refractivity contribution in [2.75, 3.05) is 0 Å². The molecule has 0 aromatic carbocycles. The van der Waals surface area contributed by atoms with Gasteiger partial charge in [0.05, 0.1) is 5.82 Å². The first-order valence-electron chi connectivity index (χ1n) is 2.38. The highest BCUT2D eigenvalue weighted by Crippen LogP contribution is 2.35. The Labute approximate surface area is 53.9 Å². The molecule has 0 rings (SSSR count). The van der Waals surface area contributed by atoms with Gasteiger partial charge in [-0.1, -0.05) is 0 Å². The molecule has 9 heavy (non-hydrogen) atoms. The van der Waals surface area contributed by atoms with Crippen LogP contribution in [0.1, 0.15) is 13.8 Å². The highest BCUT2D eigenvalue weighted by molar-refractivity contribution is 7.55. The van der Waals surface area contributed by atoms with Gasteiger partial charge in [-0.3, -0.25) is 4.57 Å². The van der Waals surface area contributed by atoms with Crippen LogP contribution >= 0.6 is 7.60 Å². The second kappa shape index (κ2) is 3.00. The van der Waals surface area contributed by atoms with Crippen molar-refractivity contribution in [3.8, 4) is 0 Å². The number of allylic oxidation sites excluding steroid dienone is 1. The number of hydrogen-bond acceptors (Lipinski definition) is 1. The van der Waals surface area contributed by atoms with E-state index in [1.54, 1.807) is 13.8 Å². The van der Waals surface area contributed by atoms with E-state index >= 15 is 0 Å². The van der Waals surface area contributed by atoms with Crippen LogP contribution in [0.4, 0.5) is 0 Å². The monoisotopic (exact) mass is 148 g/mol. The summed E-state index contributed by atoms with van der Waals surface area (Å²) in [5, 5.41) is 0. The molecule has 0 saturated carbocycles. The van der Waals surface area contributed by atoms with Gasteiger partial charge in [-0.2, -0.15) is 0 Å². The van der Waals surface area contributed by atoms with Gasteiger partial charge in [0, 0.05) is 0 Å². The Morgan fingerprint density at radius 2 is 2.00 bits per heavy atom. The van der Waals surface area contributed by atoms with Crippen LogP contribution in [0, 0.1) is 0 Å². The Hall–Kier alpha value is -0.330. The van der Waals surface area contributed by atoms with Crippen LogP contribution in [0.15, 0.2) is 17.1 Å². The molecule has 0 aromatic rings. The summed E-state index contributed by atoms with van der Waals surface area (Å²) in [6, 6.07) is 0. The molecule has 0 amide bonds. The molecule has 0 aliphatic heterocycles. The van der Waals surface area contributed by atoms with Gasteiger partial charge in [-0.05, 0) is 19.4 Å². The van der Waals surface area contributed by atoms with Gasteiger partial charge in [-0.15, -0.1) is 5.73 Å². The third-order valence-corrected chi connectivity index (χ3v) is 0.987. The van der Waals surface area contributed by atoms with Crippen molar-refractivity contribution in [1.82, 2.24) is 0 Å². The standard InChI is InChI=1S/C5H9O3P/c1-5(2)3-4-9(6,7)8/h4H,1-2H3,(H2,6,7,8). The minimum atomic E-state index is -3.98. The van der Waals surface area contributed by atoms with E-state index in [9.17, 15) is 4.57 Å². The summed E-state index contributed by atoms with van der Waals surface area (Å²) in [6.45, 7) is 3.43. The van der Waals surface area contributed by atoms with E-state index in [4.69, 9.17) is 9.79 Å². The lowest BCUT2D eigenvalue weighted by Gasteiger charge is -1.89. The fourth-order valence-corrected chi connectivity index (χ4v) is 0.640. The van der Waals surface area contributed by atoms with Crippen molar-refractivity contribution >= 4 is 7.60 Å². The lowest BCUT2D eigenvalue weighted by molar-refractivity contribution is 0.386. The molecule has 3 nitrogen and oxygen atoms in total. The van der Waals surface area contributed by atoms with Gasteiger partial charge >= 0.3 is 7.60 Å². The minimum absolute atomic E-state index is 0.748. The fraction of sp³-hybridized carbons (Fsp3) is 0.400. The molecule has 0 aliphatic carbocycles. The quantitative estimate of drug-likeness (QED) is 0.434. The second-order valence-electron chi connectivity index (χ2n) is 1.86. The van der Waals surface area contributed by atoms with E-state index in [0.717, 1.165) is 11.4 Å². The molecular formula is C5H9O3P. The first-order chi connectivity index (χ1) is 3.92. The molecule has 2 N–H and O–H groups in total. The van der Waals surface area contributed by atoms with Crippen molar-refractivity contribution in [2.45, 2.75) is 13.8 Å². The molecule has 0 aromatic heterocycles. The molecule has 4 heteroatoms. The molecule has 0 saturated heterocycles. The maximum Gasteiger partial charge on any atom is 0.356 e. The van der Waals surface area contributed by atoms with Crippen LogP contribution in [-0.4, -0.2) is 9.79 Å². The van der Waals surface area contributed by atoms with Crippen LogP contribution in [0.2, 0.25) is 0 Å². The fourth-order valence-electron chi connectivity index (χ4n) is 0.213. The largest absolute Gasteiger partial charge is 0.356 e. The van der Waals surface area contributed by atoms with Crippen molar-refractivity contribution in [3.63, 3.8) is 0 Å². The second-order valence-corrected chi connectivity index (χ2v) is 3.30. The summed E-state index contributed by atoms with van der Waals surface area (Å²) in [6.07, 6.45) is 0. The van der Waals surface area contributed by atoms with Gasteiger partial charge in [0.1, 0.15) is 0 Å². The molecule has 0 radical (unpaired) electrons. The molecule has 0 spiro atoms. The average molecular weight is 148 g/mol. The minimum Gasteiger partial charge on any atom is -0.321 e. The third kappa shape index (κ3) is 7.67. The van der Waals surface area contributed by atoms with Gasteiger partial charge < -0.3 is 9.79 Å². The maximum absolute atomic E-state index is 10.1. The van der Waals surface area contributed by atoms with E-state index in [1.165, 1.54) is 0 Å². The zero-order chi connectivity index (χ0) is 7.49. The molecule has 0 heterocycles. The van der Waals surface area contributed by atoms with Gasteiger partial charge in [0.15, 0.2) is 0 Å². The molecule has 0 bridgehead atoms. The summed E-state index contributed by atoms with van der Waals surface area (Å²) in [7, 11) is -3.98. The predicted octanol–water partition coefficient (Wildman–Crippen LogP) is 1.24. The predicted molar refractivity (Wildman–Crippen MR) is 35.0 cm³/mol. The summed E-state index contributed by atoms with van der Waals surface area (Å²) < 4.78 is 10.1. The zero-order valence-electron chi connectivity index (χ0n) is 5.33. The summed E-state index contributed by atoms with van der Waals surface area (Å²) >= 11 is 0. The Kier molecular flexibility index (Phi) is 2.89. The molecule has 52 valence electrons. The van der Waals surface area contributed by atoms with E-state index in [1.807, 2.05) is 0 Å². The van der Waals surface area contributed by atoms with Crippen LogP contribution < -0.4 is 0 Å². The van der Waals surface area contributed by atoms with Crippen molar-refractivity contribution < 1.29 is 14.4 Å². The van der Waals surface area contributed by atoms with Crippen LogP contribution in [0.5, 0.6) is 0 Å². The molecule has 0 atom stereocenters. The SMILES string of the molecule is CC(C)=C=CP(=O)(O)O. The van der Waals surface area contributed by atoms with E-state index in [-0.39, 0.29) is 0 Å². The molecule has 0 unspecified atom stereocenters. The Morgan fingerprint density at radius 1 is 1.56 bits per heavy atom. The lowest BCUT2D eigenvalue weighted by atomic mass is 10.4. The Bertz CT molecular complexity index is 190. The van der Waals surface area contributed by atoms with E-state index in [2.05, 4.69) is 5.73 Å². The highest BCUT2D eigenvalue weighted by Gasteiger charge is 2.03. The summed E-state index contributed by atoms with van der Waals surface area (Å²) in [5.74, 6) is 0.766. The highest BCUT2D eigenvalue weighted by atomic mass is 31.2. The van der Waals surface area contributed by atoms with E-state index < -0.39 is 7.60 Å². The first kappa shape index (κ1) is 8.67. The molecular weight excluding hydrogens is 139 g/mol. The third-order valence-electron chi connectivity index (χ3n) is 0.521. The first-order valence-corrected chi connectivity index (χ1v) is 4.06. The van der Waals surface area contributed by atoms with Crippen molar-refractivity contribution in [2.24, 2.45) is 0 Å². The number of hydrogen-bond donors (Lipinski definition) is 2. The van der Waals surface area contributed by atoms with Gasteiger partial charge in [-0.25, -0.2) is 0 Å². The molecule has 0 aliphatic rings. The summed E-state index contributed by atoms with van der Waals surface area (Å²) in [4.78, 5) is 16.5. The summed E-state index contributed by atoms with van der Waals surface area (Å²) in [5.41, 5.74) is 3.16. The maximum atomic E-state index is 10.1. The zero-order valence-corrected chi connectivity index (χ0v) is 6.22. The smallest absolute Gasteiger partial charge is 0.321 e. The molecule has 0 fully saturated rings. The van der Waals surface area contributed by atoms with Crippen LogP contribution in [0.3, 0.4) is 0 Å². The lowest BCUT2D eigenvalue weighted by Crippen LogP contribution is -1.66. The van der Waals surface area contributed by atoms with Crippen molar-refractivity contribution in [3.05, 3.63) is 17.1 Å². The number of rotatable bonds is 1. The van der Waals surface area contributed by atoms with Crippen LogP contribution in [-0.2, 0) is 4.57 Å². The van der Waals surface area contributed by atoms with Gasteiger partial charge in [0.25, 0.3) is 0 Å². The van der Waals surface area contributed by atoms with Gasteiger partial charge in [0.2, 0.25) is 0 Å². The normalized spacial score (nSPS) is 10.2. The average Bonchev–Trinajstić information content (AvgIpc) is 1.59. The van der Waals surface area contributed by atoms with Crippen LogP contribution in [0.25, 0.3) is 0 Å².